The number of fused-ring (bicyclic) bond motifs is 1. The van der Waals surface area contributed by atoms with Crippen molar-refractivity contribution in [2.45, 2.75) is 18.8 Å². The molecule has 2 heterocycles. The molecule has 2 amide bonds. The molecule has 0 bridgehead atoms. The molecule has 5 heteroatoms. The van der Waals surface area contributed by atoms with Gasteiger partial charge in [0, 0.05) is 30.2 Å². The van der Waals surface area contributed by atoms with Gasteiger partial charge in [0.1, 0.15) is 0 Å². The van der Waals surface area contributed by atoms with Gasteiger partial charge in [-0.25, -0.2) is 0 Å². The Balaban J connectivity index is 2.11. The molecule has 1 aliphatic rings. The van der Waals surface area contributed by atoms with Gasteiger partial charge >= 0.3 is 0 Å². The molecule has 98 valence electrons. The van der Waals surface area contributed by atoms with Crippen molar-refractivity contribution in [1.82, 2.24) is 9.88 Å². The number of hydrogen-bond acceptors (Lipinski definition) is 3. The van der Waals surface area contributed by atoms with Crippen molar-refractivity contribution in [3.05, 3.63) is 30.0 Å². The first kappa shape index (κ1) is 11.8. The maximum atomic E-state index is 11.9. The molecule has 0 aliphatic carbocycles. The number of hydrogen-bond donors (Lipinski definition) is 2. The fraction of sp³-hybridized carbons (Fsp3) is 0.286. The van der Waals surface area contributed by atoms with E-state index in [9.17, 15) is 9.59 Å². The third-order valence-corrected chi connectivity index (χ3v) is 3.75. The molecule has 0 saturated carbocycles. The number of anilines is 1. The van der Waals surface area contributed by atoms with Crippen LogP contribution in [0.25, 0.3) is 10.9 Å². The number of carbonyl (C=O) groups is 2. The van der Waals surface area contributed by atoms with E-state index in [1.54, 1.807) is 0 Å². The second kappa shape index (κ2) is 4.12. The molecule has 19 heavy (non-hydrogen) atoms. The molecule has 1 saturated heterocycles. The van der Waals surface area contributed by atoms with Gasteiger partial charge in [0.2, 0.25) is 11.8 Å². The van der Waals surface area contributed by atoms with E-state index in [1.165, 1.54) is 0 Å². The first-order valence-electron chi connectivity index (χ1n) is 6.25. The molecule has 3 N–H and O–H groups in total. The fourth-order valence-electron chi connectivity index (χ4n) is 2.71. The Kier molecular flexibility index (Phi) is 2.55. The minimum absolute atomic E-state index is 0.195. The normalized spacial score (nSPS) is 19.7. The number of nitrogen functional groups attached to an aromatic ring is 1. The summed E-state index contributed by atoms with van der Waals surface area (Å²) in [5.41, 5.74) is 8.56. The summed E-state index contributed by atoms with van der Waals surface area (Å²) in [6.45, 7) is 0. The molecule has 3 rings (SSSR count). The summed E-state index contributed by atoms with van der Waals surface area (Å²) in [5.74, 6) is -0.699. The lowest BCUT2D eigenvalue weighted by Gasteiger charge is -2.21. The minimum Gasteiger partial charge on any atom is -0.398 e. The van der Waals surface area contributed by atoms with Gasteiger partial charge < -0.3 is 10.3 Å². The molecule has 1 unspecified atom stereocenters. The highest BCUT2D eigenvalue weighted by atomic mass is 16.2. The van der Waals surface area contributed by atoms with Crippen LogP contribution in [0.5, 0.6) is 0 Å². The highest BCUT2D eigenvalue weighted by Crippen LogP contribution is 2.31. The number of imide groups is 1. The smallest absolute Gasteiger partial charge is 0.235 e. The Morgan fingerprint density at radius 3 is 2.84 bits per heavy atom. The van der Waals surface area contributed by atoms with Gasteiger partial charge in [0.15, 0.2) is 0 Å². The van der Waals surface area contributed by atoms with E-state index in [0.29, 0.717) is 18.5 Å². The van der Waals surface area contributed by atoms with Gasteiger partial charge in [0.25, 0.3) is 0 Å². The first-order valence-corrected chi connectivity index (χ1v) is 6.25. The van der Waals surface area contributed by atoms with Gasteiger partial charge in [0.05, 0.1) is 11.4 Å². The van der Waals surface area contributed by atoms with Crippen LogP contribution in [0.15, 0.2) is 24.3 Å². The molecular formula is C14H15N3O2. The topological polar surface area (TPSA) is 77.1 Å². The predicted octanol–water partition coefficient (Wildman–Crippen LogP) is 1.28. The first-order chi connectivity index (χ1) is 9.08. The lowest BCUT2D eigenvalue weighted by molar-refractivity contribution is -0.134. The number of aryl methyl sites for hydroxylation is 1. The maximum Gasteiger partial charge on any atom is 0.235 e. The summed E-state index contributed by atoms with van der Waals surface area (Å²) >= 11 is 0. The predicted molar refractivity (Wildman–Crippen MR) is 72.5 cm³/mol. The molecule has 2 aromatic rings. The second-order valence-corrected chi connectivity index (χ2v) is 4.91. The van der Waals surface area contributed by atoms with Gasteiger partial charge in [-0.1, -0.05) is 6.07 Å². The van der Waals surface area contributed by atoms with E-state index >= 15 is 0 Å². The summed E-state index contributed by atoms with van der Waals surface area (Å²) in [5, 5.41) is 3.34. The molecule has 1 aromatic heterocycles. The summed E-state index contributed by atoms with van der Waals surface area (Å²) in [7, 11) is 1.92. The summed E-state index contributed by atoms with van der Waals surface area (Å²) in [6, 6.07) is 7.66. The molecule has 1 fully saturated rings. The van der Waals surface area contributed by atoms with Crippen molar-refractivity contribution in [2.24, 2.45) is 7.05 Å². The summed E-state index contributed by atoms with van der Waals surface area (Å²) < 4.78 is 1.98. The van der Waals surface area contributed by atoms with E-state index < -0.39 is 0 Å². The van der Waals surface area contributed by atoms with Crippen LogP contribution < -0.4 is 11.1 Å². The molecular weight excluding hydrogens is 242 g/mol. The van der Waals surface area contributed by atoms with Crippen LogP contribution in [0.4, 0.5) is 5.69 Å². The van der Waals surface area contributed by atoms with Crippen molar-refractivity contribution >= 4 is 28.4 Å². The Morgan fingerprint density at radius 2 is 2.16 bits per heavy atom. The Morgan fingerprint density at radius 1 is 1.37 bits per heavy atom. The van der Waals surface area contributed by atoms with Crippen LogP contribution >= 0.6 is 0 Å². The Hall–Kier alpha value is -2.30. The van der Waals surface area contributed by atoms with Crippen LogP contribution in [0.3, 0.4) is 0 Å². The average molecular weight is 257 g/mol. The maximum absolute atomic E-state index is 11.9. The highest BCUT2D eigenvalue weighted by molar-refractivity contribution is 6.02. The highest BCUT2D eigenvalue weighted by Gasteiger charge is 2.30. The van der Waals surface area contributed by atoms with Crippen molar-refractivity contribution < 1.29 is 9.59 Å². The van der Waals surface area contributed by atoms with Gasteiger partial charge in [-0.05, 0) is 24.6 Å². The zero-order valence-electron chi connectivity index (χ0n) is 10.6. The number of benzene rings is 1. The lowest BCUT2D eigenvalue weighted by atomic mass is 9.94. The second-order valence-electron chi connectivity index (χ2n) is 4.91. The van der Waals surface area contributed by atoms with Gasteiger partial charge in [-0.2, -0.15) is 0 Å². The number of carbonyl (C=O) groups excluding carboxylic acids is 2. The Bertz CT molecular complexity index is 687. The van der Waals surface area contributed by atoms with E-state index in [1.807, 2.05) is 35.9 Å². The van der Waals surface area contributed by atoms with Crippen LogP contribution in [0.1, 0.15) is 24.5 Å². The van der Waals surface area contributed by atoms with Crippen LogP contribution in [0.2, 0.25) is 0 Å². The van der Waals surface area contributed by atoms with Crippen molar-refractivity contribution in [2.75, 3.05) is 5.73 Å². The van der Waals surface area contributed by atoms with Crippen LogP contribution in [0, 0.1) is 0 Å². The quantitative estimate of drug-likeness (QED) is 0.597. The zero-order valence-corrected chi connectivity index (χ0v) is 10.6. The van der Waals surface area contributed by atoms with E-state index in [-0.39, 0.29) is 17.7 Å². The number of nitrogens with zero attached hydrogens (tertiary/aromatic N) is 1. The molecule has 0 radical (unpaired) electrons. The van der Waals surface area contributed by atoms with Gasteiger partial charge in [-0.3, -0.25) is 14.9 Å². The minimum atomic E-state index is -0.283. The molecule has 0 spiro atoms. The zero-order chi connectivity index (χ0) is 13.6. The molecule has 1 aromatic carbocycles. The number of amides is 2. The number of nitrogens with one attached hydrogen (secondary N) is 1. The standard InChI is InChI=1S/C14H15N3O2/c1-17-11-4-2-3-10(15)9(11)7-12(17)8-5-6-13(18)16-14(8)19/h2-4,7-8H,5-6,15H2,1H3,(H,16,18,19). The number of nitrogens with two attached hydrogens (primary N) is 1. The van der Waals surface area contributed by atoms with Crippen LogP contribution in [-0.2, 0) is 16.6 Å². The van der Waals surface area contributed by atoms with Crippen LogP contribution in [-0.4, -0.2) is 16.4 Å². The third kappa shape index (κ3) is 1.78. The lowest BCUT2D eigenvalue weighted by Crippen LogP contribution is -2.40. The average Bonchev–Trinajstić information content (AvgIpc) is 2.69. The SMILES string of the molecule is Cn1c(C2CCC(=O)NC2=O)cc2c(N)cccc21. The number of rotatable bonds is 1. The molecule has 5 nitrogen and oxygen atoms in total. The van der Waals surface area contributed by atoms with E-state index in [4.69, 9.17) is 5.73 Å². The number of piperidine rings is 1. The Labute approximate surface area is 110 Å². The van der Waals surface area contributed by atoms with Crippen molar-refractivity contribution in [3.63, 3.8) is 0 Å². The fourth-order valence-corrected chi connectivity index (χ4v) is 2.71. The van der Waals surface area contributed by atoms with Crippen molar-refractivity contribution in [1.29, 1.82) is 0 Å². The largest absolute Gasteiger partial charge is 0.398 e. The summed E-state index contributed by atoms with van der Waals surface area (Å²) in [4.78, 5) is 23.1. The monoisotopic (exact) mass is 257 g/mol. The number of aromatic nitrogens is 1. The van der Waals surface area contributed by atoms with Crippen molar-refractivity contribution in [3.8, 4) is 0 Å². The molecule has 1 aliphatic heterocycles. The summed E-state index contributed by atoms with van der Waals surface area (Å²) in [6.07, 6.45) is 0.933. The third-order valence-electron chi connectivity index (χ3n) is 3.75. The molecule has 1 atom stereocenters. The van der Waals surface area contributed by atoms with E-state index in [2.05, 4.69) is 5.32 Å². The van der Waals surface area contributed by atoms with E-state index in [0.717, 1.165) is 16.6 Å². The van der Waals surface area contributed by atoms with Gasteiger partial charge in [-0.15, -0.1) is 0 Å².